The lowest BCUT2D eigenvalue weighted by atomic mass is 9.81. The number of carbonyl (C=O) groups is 11. The summed E-state index contributed by atoms with van der Waals surface area (Å²) in [6, 6.07) is 5.84. The number of benzene rings is 2. The first-order valence-corrected chi connectivity index (χ1v) is 32.0. The number of halogens is 1. The van der Waals surface area contributed by atoms with Crippen LogP contribution >= 0.6 is 11.6 Å². The number of anilines is 2. The first kappa shape index (κ1) is 77.0. The molecule has 11 amide bonds. The zero-order chi connectivity index (χ0) is 71.4. The lowest BCUT2D eigenvalue weighted by Crippen LogP contribution is -2.64. The number of hydroxylamine groups is 2. The molecule has 10 N–H and O–H groups in total. The van der Waals surface area contributed by atoms with Gasteiger partial charge in [0.25, 0.3) is 17.7 Å². The first-order valence-electron chi connectivity index (χ1n) is 31.6. The quantitative estimate of drug-likeness (QED) is 0.0316. The number of nitrogens with two attached hydrogens (primary N) is 1. The Morgan fingerprint density at radius 2 is 1.60 bits per heavy atom. The van der Waals surface area contributed by atoms with Gasteiger partial charge in [-0.05, 0) is 87.1 Å². The Balaban J connectivity index is 1.09. The number of nitrogens with one attached hydrogen (secondary N) is 6. The molecule has 32 heteroatoms. The van der Waals surface area contributed by atoms with Gasteiger partial charge in [-0.15, -0.1) is 5.06 Å². The molecule has 1 unspecified atom stereocenters. The van der Waals surface area contributed by atoms with Crippen molar-refractivity contribution in [2.75, 3.05) is 78.0 Å². The number of likely N-dealkylation sites (N-methyl/N-ethyl adjacent to an activating group) is 1. The SMILES string of the molecule is COc1cc2cc(c1Cl)N(C)C(=O)C[C@H](OC(=O)[C@H](C)N(C)C(=O)c1ccc3nc(NC(=O)[C@H](CCCNC(N)=O)NC(=O)[C@@H](NC(=O)NCCOCCOCCC(=O)ON4C(=O)CCC4=O)C(C)C)ccc3c1)C(C)[C@@H](O)[C@H](C)[C@@H]1C[C@@](O)(NC(=O)O1)[C@H](OC)/C=C/C=C(\C)C2. The van der Waals surface area contributed by atoms with E-state index in [4.69, 9.17) is 50.6 Å². The van der Waals surface area contributed by atoms with Crippen molar-refractivity contribution in [2.24, 2.45) is 23.5 Å². The van der Waals surface area contributed by atoms with Crippen molar-refractivity contribution >= 4 is 99.5 Å². The van der Waals surface area contributed by atoms with Gasteiger partial charge in [0, 0.05) is 76.3 Å². The number of aromatic nitrogens is 1. The molecule has 0 aliphatic carbocycles. The van der Waals surface area contributed by atoms with Crippen LogP contribution in [0.3, 0.4) is 0 Å². The summed E-state index contributed by atoms with van der Waals surface area (Å²) in [5.74, 6) is -7.66. The van der Waals surface area contributed by atoms with E-state index in [1.165, 1.54) is 64.4 Å². The zero-order valence-corrected chi connectivity index (χ0v) is 56.7. The smallest absolute Gasteiger partial charge is 0.409 e. The second kappa shape index (κ2) is 35.8. The third kappa shape index (κ3) is 21.5. The topological polar surface area (TPSA) is 414 Å². The molecule has 3 aromatic rings. The number of allylic oxidation sites excluding steroid dienone is 3. The number of nitrogens with zero attached hydrogens (tertiary/aromatic N) is 4. The van der Waals surface area contributed by atoms with E-state index in [0.717, 1.165) is 10.5 Å². The molecule has 97 heavy (non-hydrogen) atoms. The van der Waals surface area contributed by atoms with Gasteiger partial charge in [0.2, 0.25) is 17.7 Å². The van der Waals surface area contributed by atoms with Crippen molar-refractivity contribution in [1.82, 2.24) is 41.5 Å². The molecule has 0 spiro atoms. The fourth-order valence-electron chi connectivity index (χ4n) is 10.8. The molecular weight excluding hydrogens is 1290 g/mol. The summed E-state index contributed by atoms with van der Waals surface area (Å²) in [5, 5.41) is 40.5. The van der Waals surface area contributed by atoms with Gasteiger partial charge in [0.1, 0.15) is 53.0 Å². The van der Waals surface area contributed by atoms with Crippen molar-refractivity contribution in [3.8, 4) is 5.75 Å². The summed E-state index contributed by atoms with van der Waals surface area (Å²) in [5.41, 5.74) is 5.55. The normalized spacial score (nSPS) is 22.6. The second-order valence-electron chi connectivity index (χ2n) is 24.2. The van der Waals surface area contributed by atoms with Crippen LogP contribution in [0, 0.1) is 17.8 Å². The van der Waals surface area contributed by atoms with Crippen LogP contribution in [0.4, 0.5) is 25.9 Å². The van der Waals surface area contributed by atoms with Crippen LogP contribution < -0.4 is 47.3 Å². The number of esters is 1. The third-order valence-corrected chi connectivity index (χ3v) is 17.1. The van der Waals surface area contributed by atoms with Crippen LogP contribution in [0.15, 0.2) is 66.3 Å². The minimum Gasteiger partial charge on any atom is -0.495 e. The number of ether oxygens (including phenoxy) is 6. The fourth-order valence-corrected chi connectivity index (χ4v) is 11.1. The average molecular weight is 1380 g/mol. The summed E-state index contributed by atoms with van der Waals surface area (Å²) in [7, 11) is 5.67. The van der Waals surface area contributed by atoms with Crippen molar-refractivity contribution in [2.45, 2.75) is 141 Å². The van der Waals surface area contributed by atoms with Crippen molar-refractivity contribution < 1.29 is 96.2 Å². The van der Waals surface area contributed by atoms with Crippen molar-refractivity contribution in [3.05, 3.63) is 82.4 Å². The molecule has 2 fully saturated rings. The Bertz CT molecular complexity index is 3430. The Kier molecular flexibility index (Phi) is 28.4. The van der Waals surface area contributed by atoms with Gasteiger partial charge in [-0.1, -0.05) is 63.1 Å². The highest BCUT2D eigenvalue weighted by molar-refractivity contribution is 6.35. The Labute approximate surface area is 566 Å². The number of pyridine rings is 1. The molecule has 2 saturated heterocycles. The number of imide groups is 1. The minimum absolute atomic E-state index is 0.00520. The van der Waals surface area contributed by atoms with E-state index in [0.29, 0.717) is 28.0 Å². The van der Waals surface area contributed by atoms with E-state index >= 15 is 0 Å². The number of primary amides is 1. The molecule has 4 bridgehead atoms. The number of rotatable bonds is 26. The van der Waals surface area contributed by atoms with Gasteiger partial charge >= 0.3 is 30.1 Å². The number of amides is 11. The van der Waals surface area contributed by atoms with E-state index in [9.17, 15) is 63.0 Å². The highest BCUT2D eigenvalue weighted by atomic mass is 35.5. The van der Waals surface area contributed by atoms with Crippen LogP contribution in [0.5, 0.6) is 5.75 Å². The number of hydrogen-bond acceptors (Lipinski definition) is 21. The largest absolute Gasteiger partial charge is 0.495 e. The Morgan fingerprint density at radius 1 is 0.897 bits per heavy atom. The number of aliphatic hydroxyl groups excluding tert-OH is 1. The summed E-state index contributed by atoms with van der Waals surface area (Å²) >= 11 is 6.83. The highest BCUT2D eigenvalue weighted by Gasteiger charge is 2.49. The van der Waals surface area contributed by atoms with Gasteiger partial charge in [-0.25, -0.2) is 29.0 Å². The molecule has 2 aromatic carbocycles. The summed E-state index contributed by atoms with van der Waals surface area (Å²) in [6.07, 6.45) is -1.38. The lowest BCUT2D eigenvalue weighted by molar-refractivity contribution is -0.198. The molecule has 530 valence electrons. The summed E-state index contributed by atoms with van der Waals surface area (Å²) in [4.78, 5) is 155. The summed E-state index contributed by atoms with van der Waals surface area (Å²) < 4.78 is 33.8. The lowest BCUT2D eigenvalue weighted by Gasteiger charge is -2.43. The van der Waals surface area contributed by atoms with Gasteiger partial charge in [-0.2, -0.15) is 0 Å². The number of carbonyl (C=O) groups excluding carboxylic acids is 11. The summed E-state index contributed by atoms with van der Waals surface area (Å²) in [6.45, 7) is 10.0. The number of aliphatic hydroxyl groups is 2. The molecule has 1 aromatic heterocycles. The molecule has 4 heterocycles. The standard InChI is InChI=1S/C65H88ClN11O20/c1-35(2)56(73-63(88)69-24-26-94-28-27-93-25-22-54(81)97-77-51(78)20-21-52(77)79)59(84)71-44(14-12-23-68-62(67)87)58(83)72-50-19-17-41-32-42(16-18-43(41)70-50)60(85)75(7)39(6)61(86)95-46-33-53(80)76(8)45-30-40(31-47(91-9)55(45)66)29-36(3)13-11-15-49(92-10)65(90)34-48(96-64(89)74-65)38(5)57(82)37(46)4/h11,13,15-19,30-32,35,37-39,44,46,48-49,56-57,82,90H,12,14,20-29,33-34H2,1-10H3,(H,71,84)(H,74,89)(H3,67,68,87)(H2,69,73,88)(H,70,72,83)/b15-11+,36-13+/t37?,38-,39+,44+,46+,48+,49-,56+,57-,65+/m1/s1. The molecule has 6 rings (SSSR count). The molecule has 3 aliphatic rings. The minimum atomic E-state index is -1.99. The molecule has 0 saturated carbocycles. The predicted molar refractivity (Wildman–Crippen MR) is 350 cm³/mol. The van der Waals surface area contributed by atoms with Gasteiger partial charge < -0.3 is 85.6 Å². The monoisotopic (exact) mass is 1380 g/mol. The highest BCUT2D eigenvalue weighted by Crippen LogP contribution is 2.38. The van der Waals surface area contributed by atoms with Crippen LogP contribution in [-0.2, 0) is 68.5 Å². The molecule has 31 nitrogen and oxygen atoms in total. The van der Waals surface area contributed by atoms with Gasteiger partial charge in [0.15, 0.2) is 5.72 Å². The van der Waals surface area contributed by atoms with E-state index in [2.05, 4.69) is 36.9 Å². The van der Waals surface area contributed by atoms with Crippen LogP contribution in [0.25, 0.3) is 10.9 Å². The zero-order valence-electron chi connectivity index (χ0n) is 55.9. The molecule has 3 aliphatic heterocycles. The fraction of sp³-hybridized carbons (Fsp3) is 0.538. The van der Waals surface area contributed by atoms with Crippen LogP contribution in [0.1, 0.15) is 102 Å². The maximum atomic E-state index is 14.5. The molecular formula is C65H88ClN11O20. The number of methoxy groups -OCH3 is 2. The average Bonchev–Trinajstić information content (AvgIpc) is 1.32. The molecule has 10 atom stereocenters. The van der Waals surface area contributed by atoms with Gasteiger partial charge in [0.05, 0.1) is 63.7 Å². The number of alkyl carbamates (subject to hydrolysis) is 1. The van der Waals surface area contributed by atoms with E-state index in [1.807, 2.05) is 6.92 Å². The number of urea groups is 2. The van der Waals surface area contributed by atoms with Gasteiger partial charge in [-0.3, -0.25) is 34.1 Å². The third-order valence-electron chi connectivity index (χ3n) is 16.7. The Morgan fingerprint density at radius 3 is 2.27 bits per heavy atom. The van der Waals surface area contributed by atoms with Crippen molar-refractivity contribution in [3.63, 3.8) is 0 Å². The van der Waals surface area contributed by atoms with Crippen molar-refractivity contribution in [1.29, 1.82) is 0 Å². The van der Waals surface area contributed by atoms with E-state index < -0.39 is 138 Å². The number of fused-ring (bicyclic) bond motifs is 5. The predicted octanol–water partition coefficient (Wildman–Crippen LogP) is 3.44. The second-order valence-corrected chi connectivity index (χ2v) is 24.6. The maximum absolute atomic E-state index is 14.5. The number of hydrogen-bond donors (Lipinski definition) is 9. The van der Waals surface area contributed by atoms with E-state index in [1.54, 1.807) is 64.1 Å². The maximum Gasteiger partial charge on any atom is 0.409 e. The molecule has 0 radical (unpaired) electrons. The van der Waals surface area contributed by atoms with Crippen LogP contribution in [-0.4, -0.2) is 207 Å². The van der Waals surface area contributed by atoms with Crippen LogP contribution in [0.2, 0.25) is 5.02 Å². The van der Waals surface area contributed by atoms with E-state index in [-0.39, 0.29) is 106 Å². The first-order chi connectivity index (χ1) is 45.9. The Hall–Kier alpha value is -9.01.